The number of hydrogen-bond acceptors (Lipinski definition) is 6. The van der Waals surface area contributed by atoms with E-state index in [0.717, 1.165) is 0 Å². The van der Waals surface area contributed by atoms with Crippen LogP contribution < -0.4 is 4.72 Å². The lowest BCUT2D eigenvalue weighted by molar-refractivity contribution is -0.142. The van der Waals surface area contributed by atoms with Gasteiger partial charge in [-0.15, -0.1) is 0 Å². The van der Waals surface area contributed by atoms with E-state index in [1.165, 1.54) is 4.31 Å². The molecule has 0 bridgehead atoms. The molecule has 0 aliphatic carbocycles. The molecule has 1 aromatic heterocycles. The Morgan fingerprint density at radius 1 is 1.48 bits per heavy atom. The second kappa shape index (κ2) is 6.50. The van der Waals surface area contributed by atoms with Gasteiger partial charge in [0.15, 0.2) is 5.82 Å². The molecule has 9 nitrogen and oxygen atoms in total. The molecule has 0 unspecified atom stereocenters. The van der Waals surface area contributed by atoms with Crippen LogP contribution in [0.3, 0.4) is 0 Å². The maximum Gasteiger partial charge on any atom is 0.306 e. The number of carboxylic acids is 1. The lowest BCUT2D eigenvalue weighted by atomic mass is 9.99. The maximum absolute atomic E-state index is 12.1. The summed E-state index contributed by atoms with van der Waals surface area (Å²) < 4.78 is 32.6. The number of carboxylic acid groups (broad SMARTS) is 1. The van der Waals surface area contributed by atoms with Gasteiger partial charge in [-0.3, -0.25) is 4.79 Å². The summed E-state index contributed by atoms with van der Waals surface area (Å²) in [5.74, 6) is -0.449. The molecule has 0 amide bonds. The molecule has 1 saturated heterocycles. The normalized spacial score (nSPS) is 18.0. The molecule has 1 aliphatic heterocycles. The molecule has 0 saturated carbocycles. The van der Waals surface area contributed by atoms with Gasteiger partial charge >= 0.3 is 5.97 Å². The monoisotopic (exact) mass is 318 g/mol. The van der Waals surface area contributed by atoms with E-state index in [0.29, 0.717) is 31.0 Å². The number of hydrogen-bond donors (Lipinski definition) is 2. The van der Waals surface area contributed by atoms with Gasteiger partial charge in [-0.05, 0) is 12.8 Å². The highest BCUT2D eigenvalue weighted by Crippen LogP contribution is 2.19. The third kappa shape index (κ3) is 4.22. The highest BCUT2D eigenvalue weighted by atomic mass is 32.2. The third-order valence-corrected chi connectivity index (χ3v) is 4.96. The van der Waals surface area contributed by atoms with E-state index < -0.39 is 22.1 Å². The SMILES string of the molecule is Cc1nc(CCNS(=O)(=O)N2CCC(C(=O)O)CC2)no1. The van der Waals surface area contributed by atoms with Gasteiger partial charge in [0.05, 0.1) is 5.92 Å². The fourth-order valence-corrected chi connectivity index (χ4v) is 3.40. The quantitative estimate of drug-likeness (QED) is 0.727. The first-order chi connectivity index (χ1) is 9.88. The Kier molecular flexibility index (Phi) is 4.91. The molecule has 1 fully saturated rings. The zero-order valence-electron chi connectivity index (χ0n) is 11.7. The van der Waals surface area contributed by atoms with Crippen LogP contribution in [0.1, 0.15) is 24.6 Å². The smallest absolute Gasteiger partial charge is 0.306 e. The highest BCUT2D eigenvalue weighted by Gasteiger charge is 2.30. The van der Waals surface area contributed by atoms with Gasteiger partial charge in [-0.1, -0.05) is 5.16 Å². The first kappa shape index (κ1) is 15.9. The summed E-state index contributed by atoms with van der Waals surface area (Å²) in [6.45, 7) is 2.26. The third-order valence-electron chi connectivity index (χ3n) is 3.35. The number of aryl methyl sites for hydroxylation is 1. The van der Waals surface area contributed by atoms with Crippen molar-refractivity contribution in [2.75, 3.05) is 19.6 Å². The molecule has 1 aromatic rings. The minimum atomic E-state index is -3.59. The van der Waals surface area contributed by atoms with Crippen LogP contribution >= 0.6 is 0 Å². The molecule has 0 radical (unpaired) electrons. The number of rotatable bonds is 6. The number of nitrogens with zero attached hydrogens (tertiary/aromatic N) is 3. The summed E-state index contributed by atoms with van der Waals surface area (Å²) in [7, 11) is -3.59. The summed E-state index contributed by atoms with van der Waals surface area (Å²) in [6.07, 6.45) is 1.00. The summed E-state index contributed by atoms with van der Waals surface area (Å²) in [4.78, 5) is 14.8. The van der Waals surface area contributed by atoms with Crippen LogP contribution in [0.2, 0.25) is 0 Å². The molecule has 2 heterocycles. The van der Waals surface area contributed by atoms with E-state index in [9.17, 15) is 13.2 Å². The summed E-state index contributed by atoms with van der Waals surface area (Å²) in [5.41, 5.74) is 0. The van der Waals surface area contributed by atoms with Crippen molar-refractivity contribution < 1.29 is 22.8 Å². The Morgan fingerprint density at radius 3 is 2.67 bits per heavy atom. The molecule has 0 spiro atoms. The van der Waals surface area contributed by atoms with Crippen LogP contribution in [-0.4, -0.2) is 53.6 Å². The van der Waals surface area contributed by atoms with Crippen molar-refractivity contribution in [3.8, 4) is 0 Å². The van der Waals surface area contributed by atoms with Gasteiger partial charge in [0.25, 0.3) is 10.2 Å². The maximum atomic E-state index is 12.1. The number of aliphatic carboxylic acids is 1. The van der Waals surface area contributed by atoms with Gasteiger partial charge in [0, 0.05) is 33.0 Å². The van der Waals surface area contributed by atoms with Crippen LogP contribution in [-0.2, 0) is 21.4 Å². The molecular formula is C11H18N4O5S. The Hall–Kier alpha value is -1.52. The molecule has 21 heavy (non-hydrogen) atoms. The fourth-order valence-electron chi connectivity index (χ4n) is 2.17. The zero-order chi connectivity index (χ0) is 15.5. The number of piperidine rings is 1. The first-order valence-corrected chi connectivity index (χ1v) is 8.09. The average Bonchev–Trinajstić information content (AvgIpc) is 2.84. The van der Waals surface area contributed by atoms with Gasteiger partial charge in [0.2, 0.25) is 5.89 Å². The fraction of sp³-hybridized carbons (Fsp3) is 0.727. The van der Waals surface area contributed by atoms with Crippen LogP contribution in [0.5, 0.6) is 0 Å². The molecule has 0 aromatic carbocycles. The van der Waals surface area contributed by atoms with Crippen molar-refractivity contribution >= 4 is 16.2 Å². The van der Waals surface area contributed by atoms with Crippen molar-refractivity contribution in [1.29, 1.82) is 0 Å². The topological polar surface area (TPSA) is 126 Å². The lowest BCUT2D eigenvalue weighted by Crippen LogP contribution is -2.46. The van der Waals surface area contributed by atoms with E-state index in [-0.39, 0.29) is 19.6 Å². The van der Waals surface area contributed by atoms with Crippen molar-refractivity contribution in [3.05, 3.63) is 11.7 Å². The van der Waals surface area contributed by atoms with E-state index >= 15 is 0 Å². The number of carbonyl (C=O) groups is 1. The standard InChI is InChI=1S/C11H18N4O5S/c1-8-13-10(14-20-8)2-5-12-21(18,19)15-6-3-9(4-7-15)11(16)17/h9,12H,2-7H2,1H3,(H,16,17). The molecule has 118 valence electrons. The van der Waals surface area contributed by atoms with Crippen molar-refractivity contribution in [2.24, 2.45) is 5.92 Å². The second-order valence-corrected chi connectivity index (χ2v) is 6.65. The summed E-state index contributed by atoms with van der Waals surface area (Å²) in [5, 5.41) is 12.6. The summed E-state index contributed by atoms with van der Waals surface area (Å²) in [6, 6.07) is 0. The Bertz CT molecular complexity index is 592. The Labute approximate surface area is 122 Å². The van der Waals surface area contributed by atoms with Crippen molar-refractivity contribution in [1.82, 2.24) is 19.2 Å². The predicted octanol–water partition coefficient (Wildman–Crippen LogP) is -0.448. The minimum Gasteiger partial charge on any atom is -0.481 e. The predicted molar refractivity (Wildman–Crippen MR) is 71.6 cm³/mol. The van der Waals surface area contributed by atoms with E-state index in [1.54, 1.807) is 6.92 Å². The van der Waals surface area contributed by atoms with E-state index in [1.807, 2.05) is 0 Å². The minimum absolute atomic E-state index is 0.167. The van der Waals surface area contributed by atoms with E-state index in [4.69, 9.17) is 9.63 Å². The molecule has 10 heteroatoms. The van der Waals surface area contributed by atoms with Crippen LogP contribution in [0.25, 0.3) is 0 Å². The van der Waals surface area contributed by atoms with Crippen LogP contribution in [0.15, 0.2) is 4.52 Å². The van der Waals surface area contributed by atoms with E-state index in [2.05, 4.69) is 14.9 Å². The largest absolute Gasteiger partial charge is 0.481 e. The molecule has 1 aliphatic rings. The zero-order valence-corrected chi connectivity index (χ0v) is 12.5. The van der Waals surface area contributed by atoms with Crippen molar-refractivity contribution in [2.45, 2.75) is 26.2 Å². The van der Waals surface area contributed by atoms with Crippen LogP contribution in [0.4, 0.5) is 0 Å². The first-order valence-electron chi connectivity index (χ1n) is 6.65. The Morgan fingerprint density at radius 2 is 2.14 bits per heavy atom. The second-order valence-electron chi connectivity index (χ2n) is 4.89. The molecule has 2 rings (SSSR count). The Balaban J connectivity index is 1.81. The average molecular weight is 318 g/mol. The van der Waals surface area contributed by atoms with Crippen molar-refractivity contribution in [3.63, 3.8) is 0 Å². The van der Waals surface area contributed by atoms with Gasteiger partial charge in [-0.25, -0.2) is 4.72 Å². The van der Waals surface area contributed by atoms with Crippen LogP contribution in [0, 0.1) is 12.8 Å². The summed E-state index contributed by atoms with van der Waals surface area (Å²) >= 11 is 0. The lowest BCUT2D eigenvalue weighted by Gasteiger charge is -2.29. The number of aromatic nitrogens is 2. The van der Waals surface area contributed by atoms with Gasteiger partial charge in [0.1, 0.15) is 0 Å². The number of nitrogens with one attached hydrogen (secondary N) is 1. The van der Waals surface area contributed by atoms with Gasteiger partial charge in [-0.2, -0.15) is 17.7 Å². The molecule has 0 atom stereocenters. The highest BCUT2D eigenvalue weighted by molar-refractivity contribution is 7.87. The molecular weight excluding hydrogens is 300 g/mol. The van der Waals surface area contributed by atoms with Gasteiger partial charge < -0.3 is 9.63 Å². The molecule has 2 N–H and O–H groups in total.